The second-order valence-electron chi connectivity index (χ2n) is 6.18. The predicted octanol–water partition coefficient (Wildman–Crippen LogP) is 3.14. The number of benzene rings is 2. The number of rotatable bonds is 4. The summed E-state index contributed by atoms with van der Waals surface area (Å²) in [5, 5.41) is 2.80. The molecule has 0 aliphatic carbocycles. The van der Waals surface area contributed by atoms with Crippen LogP contribution in [0.3, 0.4) is 0 Å². The highest BCUT2D eigenvalue weighted by Crippen LogP contribution is 2.20. The molecule has 1 amide bonds. The Hall–Kier alpha value is -2.27. The minimum Gasteiger partial charge on any atom is -0.350 e. The summed E-state index contributed by atoms with van der Waals surface area (Å²) in [4.78, 5) is 14.4. The van der Waals surface area contributed by atoms with Crippen molar-refractivity contribution in [2.75, 3.05) is 13.1 Å². The van der Waals surface area contributed by atoms with Gasteiger partial charge in [-0.05, 0) is 42.7 Å². The van der Waals surface area contributed by atoms with Gasteiger partial charge in [-0.15, -0.1) is 0 Å². The molecular weight excluding hydrogens is 310 g/mol. The molecule has 3 rings (SSSR count). The summed E-state index contributed by atoms with van der Waals surface area (Å²) in [6, 6.07) is 11.7. The summed E-state index contributed by atoms with van der Waals surface area (Å²) in [6.07, 6.45) is 0.998. The van der Waals surface area contributed by atoms with Crippen LogP contribution < -0.4 is 5.32 Å². The van der Waals surface area contributed by atoms with Crippen molar-refractivity contribution in [2.24, 2.45) is 0 Å². The minimum atomic E-state index is -1.01. The standard InChI is InChI=1S/C19H20F2N2O/c1-13(23-9-8-14-4-2-3-5-16(14)12-23)11-22-19(24)15-6-7-17(20)18(21)10-15/h2-7,10,13H,8-9,11-12H2,1H3,(H,22,24). The number of amides is 1. The average molecular weight is 330 g/mol. The molecule has 5 heteroatoms. The van der Waals surface area contributed by atoms with Crippen molar-refractivity contribution >= 4 is 5.91 Å². The largest absolute Gasteiger partial charge is 0.350 e. The molecule has 0 fully saturated rings. The topological polar surface area (TPSA) is 32.3 Å². The Balaban J connectivity index is 1.57. The lowest BCUT2D eigenvalue weighted by Gasteiger charge is -2.33. The van der Waals surface area contributed by atoms with Gasteiger partial charge in [-0.1, -0.05) is 24.3 Å². The number of nitrogens with one attached hydrogen (secondary N) is 1. The molecule has 1 unspecified atom stereocenters. The van der Waals surface area contributed by atoms with Crippen molar-refractivity contribution in [3.05, 3.63) is 70.8 Å². The Morgan fingerprint density at radius 1 is 1.17 bits per heavy atom. The second kappa shape index (κ2) is 7.09. The van der Waals surface area contributed by atoms with Crippen LogP contribution in [0.4, 0.5) is 8.78 Å². The first-order valence-electron chi connectivity index (χ1n) is 8.08. The fourth-order valence-corrected chi connectivity index (χ4v) is 3.00. The van der Waals surface area contributed by atoms with Crippen LogP contribution in [0.25, 0.3) is 0 Å². The molecule has 2 aromatic carbocycles. The maximum absolute atomic E-state index is 13.2. The van der Waals surface area contributed by atoms with E-state index in [2.05, 4.69) is 35.3 Å². The molecule has 24 heavy (non-hydrogen) atoms. The van der Waals surface area contributed by atoms with Crippen LogP contribution >= 0.6 is 0 Å². The molecular formula is C19H20F2N2O. The van der Waals surface area contributed by atoms with Crippen LogP contribution in [0.1, 0.15) is 28.4 Å². The van der Waals surface area contributed by atoms with Gasteiger partial charge in [0.05, 0.1) is 0 Å². The summed E-state index contributed by atoms with van der Waals surface area (Å²) in [5.74, 6) is -2.35. The first-order chi connectivity index (χ1) is 11.5. The van der Waals surface area contributed by atoms with Crippen molar-refractivity contribution in [3.8, 4) is 0 Å². The van der Waals surface area contributed by atoms with Gasteiger partial charge in [0.15, 0.2) is 11.6 Å². The van der Waals surface area contributed by atoms with Gasteiger partial charge in [0.1, 0.15) is 0 Å². The molecule has 0 spiro atoms. The number of carbonyl (C=O) groups excluding carboxylic acids is 1. The van der Waals surface area contributed by atoms with E-state index in [0.717, 1.165) is 31.6 Å². The molecule has 1 aliphatic heterocycles. The molecule has 0 bridgehead atoms. The Bertz CT molecular complexity index is 748. The first-order valence-corrected chi connectivity index (χ1v) is 8.08. The molecule has 1 aliphatic rings. The number of fused-ring (bicyclic) bond motifs is 1. The molecule has 2 aromatic rings. The van der Waals surface area contributed by atoms with Crippen molar-refractivity contribution < 1.29 is 13.6 Å². The molecule has 1 N–H and O–H groups in total. The summed E-state index contributed by atoms with van der Waals surface area (Å²) >= 11 is 0. The molecule has 126 valence electrons. The molecule has 0 saturated heterocycles. The summed E-state index contributed by atoms with van der Waals surface area (Å²) in [6.45, 7) is 4.32. The Kier molecular flexibility index (Phi) is 4.90. The highest BCUT2D eigenvalue weighted by atomic mass is 19.2. The van der Waals surface area contributed by atoms with Crippen LogP contribution in [-0.2, 0) is 13.0 Å². The van der Waals surface area contributed by atoms with E-state index in [1.807, 2.05) is 6.07 Å². The molecule has 0 saturated carbocycles. The lowest BCUT2D eigenvalue weighted by atomic mass is 9.99. The average Bonchev–Trinajstić information content (AvgIpc) is 2.61. The van der Waals surface area contributed by atoms with Gasteiger partial charge in [-0.25, -0.2) is 8.78 Å². The number of hydrogen-bond acceptors (Lipinski definition) is 2. The fourth-order valence-electron chi connectivity index (χ4n) is 3.00. The van der Waals surface area contributed by atoms with E-state index in [1.54, 1.807) is 0 Å². The van der Waals surface area contributed by atoms with Gasteiger partial charge < -0.3 is 5.32 Å². The molecule has 3 nitrogen and oxygen atoms in total. The summed E-state index contributed by atoms with van der Waals surface area (Å²) in [5.41, 5.74) is 2.83. The lowest BCUT2D eigenvalue weighted by Crippen LogP contribution is -2.44. The van der Waals surface area contributed by atoms with E-state index in [0.29, 0.717) is 6.54 Å². The third-order valence-electron chi connectivity index (χ3n) is 4.52. The minimum absolute atomic E-state index is 0.130. The Labute approximate surface area is 140 Å². The second-order valence-corrected chi connectivity index (χ2v) is 6.18. The van der Waals surface area contributed by atoms with Crippen LogP contribution in [-0.4, -0.2) is 29.9 Å². The van der Waals surface area contributed by atoms with Gasteiger partial charge >= 0.3 is 0 Å². The first kappa shape index (κ1) is 16.6. The summed E-state index contributed by atoms with van der Waals surface area (Å²) < 4.78 is 26.1. The Morgan fingerprint density at radius 2 is 1.92 bits per heavy atom. The predicted molar refractivity (Wildman–Crippen MR) is 88.7 cm³/mol. The van der Waals surface area contributed by atoms with Gasteiger partial charge in [0.2, 0.25) is 0 Å². The quantitative estimate of drug-likeness (QED) is 0.934. The SMILES string of the molecule is CC(CNC(=O)c1ccc(F)c(F)c1)N1CCc2ccccc2C1. The van der Waals surface area contributed by atoms with Crippen LogP contribution in [0.2, 0.25) is 0 Å². The van der Waals surface area contributed by atoms with E-state index in [4.69, 9.17) is 0 Å². The molecule has 0 radical (unpaired) electrons. The third-order valence-corrected chi connectivity index (χ3v) is 4.52. The zero-order valence-corrected chi connectivity index (χ0v) is 13.6. The molecule has 1 heterocycles. The van der Waals surface area contributed by atoms with Crippen molar-refractivity contribution in [2.45, 2.75) is 25.9 Å². The molecule has 1 atom stereocenters. The van der Waals surface area contributed by atoms with Crippen molar-refractivity contribution in [1.82, 2.24) is 10.2 Å². The van der Waals surface area contributed by atoms with Crippen LogP contribution in [0.5, 0.6) is 0 Å². The van der Waals surface area contributed by atoms with E-state index in [-0.39, 0.29) is 11.6 Å². The van der Waals surface area contributed by atoms with Crippen molar-refractivity contribution in [3.63, 3.8) is 0 Å². The maximum atomic E-state index is 13.2. The van der Waals surface area contributed by atoms with E-state index in [9.17, 15) is 13.6 Å². The smallest absolute Gasteiger partial charge is 0.251 e. The normalized spacial score (nSPS) is 15.6. The van der Waals surface area contributed by atoms with Crippen molar-refractivity contribution in [1.29, 1.82) is 0 Å². The zero-order valence-electron chi connectivity index (χ0n) is 13.6. The number of carbonyl (C=O) groups is 1. The van der Waals surface area contributed by atoms with E-state index in [1.165, 1.54) is 17.2 Å². The van der Waals surface area contributed by atoms with E-state index < -0.39 is 17.5 Å². The van der Waals surface area contributed by atoms with Gasteiger partial charge in [-0.3, -0.25) is 9.69 Å². The monoisotopic (exact) mass is 330 g/mol. The number of halogens is 2. The van der Waals surface area contributed by atoms with E-state index >= 15 is 0 Å². The van der Waals surface area contributed by atoms with Crippen LogP contribution in [0.15, 0.2) is 42.5 Å². The number of nitrogens with zero attached hydrogens (tertiary/aromatic N) is 1. The van der Waals surface area contributed by atoms with Crippen LogP contribution in [0, 0.1) is 11.6 Å². The number of hydrogen-bond donors (Lipinski definition) is 1. The highest BCUT2D eigenvalue weighted by molar-refractivity contribution is 5.94. The zero-order chi connectivity index (χ0) is 17.1. The third kappa shape index (κ3) is 3.62. The van der Waals surface area contributed by atoms with Gasteiger partial charge in [0, 0.05) is 31.2 Å². The molecule has 0 aromatic heterocycles. The van der Waals surface area contributed by atoms with Gasteiger partial charge in [0.25, 0.3) is 5.91 Å². The maximum Gasteiger partial charge on any atom is 0.251 e. The lowest BCUT2D eigenvalue weighted by molar-refractivity contribution is 0.0932. The highest BCUT2D eigenvalue weighted by Gasteiger charge is 2.21. The Morgan fingerprint density at radius 3 is 2.67 bits per heavy atom. The van der Waals surface area contributed by atoms with Gasteiger partial charge in [-0.2, -0.15) is 0 Å². The summed E-state index contributed by atoms with van der Waals surface area (Å²) in [7, 11) is 0. The fraction of sp³-hybridized carbons (Fsp3) is 0.316.